The van der Waals surface area contributed by atoms with E-state index in [1.54, 1.807) is 24.4 Å². The van der Waals surface area contributed by atoms with E-state index in [0.29, 0.717) is 22.6 Å². The number of aromatic nitrogens is 3. The third-order valence-electron chi connectivity index (χ3n) is 2.86. The summed E-state index contributed by atoms with van der Waals surface area (Å²) in [5.74, 6) is 0.595. The summed E-state index contributed by atoms with van der Waals surface area (Å²) in [4.78, 5) is 12.0. The van der Waals surface area contributed by atoms with Crippen molar-refractivity contribution in [3.63, 3.8) is 0 Å². The van der Waals surface area contributed by atoms with Gasteiger partial charge >= 0.3 is 0 Å². The van der Waals surface area contributed by atoms with Crippen molar-refractivity contribution >= 4 is 36.8 Å². The summed E-state index contributed by atoms with van der Waals surface area (Å²) in [6.45, 7) is 0. The number of imidazole rings is 1. The van der Waals surface area contributed by atoms with Crippen LogP contribution in [0.2, 0.25) is 0 Å². The first-order valence-electron chi connectivity index (χ1n) is 5.76. The Labute approximate surface area is 124 Å². The van der Waals surface area contributed by atoms with E-state index in [0.717, 1.165) is 4.47 Å². The molecule has 0 amide bonds. The fourth-order valence-electron chi connectivity index (χ4n) is 1.89. The van der Waals surface area contributed by atoms with Gasteiger partial charge in [-0.05, 0) is 46.3 Å². The number of aromatic amines is 1. The minimum Gasteiger partial charge on any atom is -0.337 e. The summed E-state index contributed by atoms with van der Waals surface area (Å²) in [5, 5.41) is 0. The number of sulfone groups is 1. The second kappa shape index (κ2) is 4.68. The summed E-state index contributed by atoms with van der Waals surface area (Å²) in [6, 6.07) is 8.51. The summed E-state index contributed by atoms with van der Waals surface area (Å²) in [6.07, 6.45) is 2.86. The molecule has 0 aliphatic rings. The summed E-state index contributed by atoms with van der Waals surface area (Å²) < 4.78 is 23.9. The van der Waals surface area contributed by atoms with Crippen LogP contribution < -0.4 is 0 Å². The lowest BCUT2D eigenvalue weighted by atomic mass is 10.3. The van der Waals surface area contributed by atoms with Gasteiger partial charge in [0.05, 0.1) is 15.9 Å². The molecule has 5 nitrogen and oxygen atoms in total. The molecule has 0 bridgehead atoms. The Hall–Kier alpha value is -1.73. The Morgan fingerprint density at radius 3 is 2.75 bits per heavy atom. The number of fused-ring (bicyclic) bond motifs is 1. The number of nitrogens with one attached hydrogen (secondary N) is 1. The Morgan fingerprint density at radius 2 is 2.05 bits per heavy atom. The highest BCUT2D eigenvalue weighted by Crippen LogP contribution is 2.26. The van der Waals surface area contributed by atoms with E-state index in [-0.39, 0.29) is 4.90 Å². The lowest BCUT2D eigenvalue weighted by Crippen LogP contribution is -1.96. The van der Waals surface area contributed by atoms with Crippen LogP contribution in [0.15, 0.2) is 45.9 Å². The maximum absolute atomic E-state index is 11.6. The molecule has 1 aromatic carbocycles. The van der Waals surface area contributed by atoms with Gasteiger partial charge in [0.25, 0.3) is 0 Å². The molecule has 0 saturated carbocycles. The van der Waals surface area contributed by atoms with Crippen LogP contribution in [0, 0.1) is 0 Å². The molecule has 20 heavy (non-hydrogen) atoms. The molecule has 0 radical (unpaired) electrons. The van der Waals surface area contributed by atoms with Crippen molar-refractivity contribution in [1.82, 2.24) is 15.0 Å². The maximum Gasteiger partial charge on any atom is 0.175 e. The number of pyridine rings is 1. The monoisotopic (exact) mass is 351 g/mol. The molecule has 0 aliphatic heterocycles. The molecule has 2 aromatic heterocycles. The van der Waals surface area contributed by atoms with E-state index in [1.165, 1.54) is 6.26 Å². The highest BCUT2D eigenvalue weighted by Gasteiger charge is 2.12. The molecule has 102 valence electrons. The van der Waals surface area contributed by atoms with Crippen LogP contribution in [-0.2, 0) is 9.84 Å². The number of hydrogen-bond acceptors (Lipinski definition) is 4. The third-order valence-corrected chi connectivity index (χ3v) is 4.61. The lowest BCUT2D eigenvalue weighted by molar-refractivity contribution is 0.602. The van der Waals surface area contributed by atoms with Crippen molar-refractivity contribution < 1.29 is 8.42 Å². The lowest BCUT2D eigenvalue weighted by Gasteiger charge is -1.97. The SMILES string of the molecule is CS(=O)(=O)c1ccc2nc(-c3ncccc3Br)[nH]c2c1. The van der Waals surface area contributed by atoms with E-state index >= 15 is 0 Å². The molecule has 0 aliphatic carbocycles. The predicted molar refractivity (Wildman–Crippen MR) is 80.1 cm³/mol. The van der Waals surface area contributed by atoms with Crippen molar-refractivity contribution in [2.45, 2.75) is 4.90 Å². The zero-order chi connectivity index (χ0) is 14.3. The van der Waals surface area contributed by atoms with Crippen molar-refractivity contribution in [3.05, 3.63) is 41.0 Å². The second-order valence-corrected chi connectivity index (χ2v) is 7.24. The molecule has 0 saturated heterocycles. The number of halogens is 1. The first kappa shape index (κ1) is 13.3. The fraction of sp³-hybridized carbons (Fsp3) is 0.0769. The van der Waals surface area contributed by atoms with Crippen LogP contribution in [0.1, 0.15) is 0 Å². The first-order chi connectivity index (χ1) is 9.45. The molecule has 2 heterocycles. The quantitative estimate of drug-likeness (QED) is 0.770. The maximum atomic E-state index is 11.6. The number of benzene rings is 1. The normalized spacial score (nSPS) is 11.9. The zero-order valence-electron chi connectivity index (χ0n) is 10.5. The van der Waals surface area contributed by atoms with Gasteiger partial charge in [0.1, 0.15) is 5.69 Å². The van der Waals surface area contributed by atoms with Crippen LogP contribution in [0.4, 0.5) is 0 Å². The Morgan fingerprint density at radius 1 is 1.25 bits per heavy atom. The number of nitrogens with zero attached hydrogens (tertiary/aromatic N) is 2. The van der Waals surface area contributed by atoms with Gasteiger partial charge in [-0.2, -0.15) is 0 Å². The van der Waals surface area contributed by atoms with Gasteiger partial charge in [-0.15, -0.1) is 0 Å². The smallest absolute Gasteiger partial charge is 0.175 e. The Kier molecular flexibility index (Phi) is 3.10. The number of H-pyrrole nitrogens is 1. The first-order valence-corrected chi connectivity index (χ1v) is 8.44. The van der Waals surface area contributed by atoms with E-state index < -0.39 is 9.84 Å². The van der Waals surface area contributed by atoms with E-state index in [2.05, 4.69) is 30.9 Å². The average Bonchev–Trinajstić information content (AvgIpc) is 2.80. The van der Waals surface area contributed by atoms with E-state index in [4.69, 9.17) is 0 Å². The van der Waals surface area contributed by atoms with Gasteiger partial charge in [0.2, 0.25) is 0 Å². The minimum absolute atomic E-state index is 0.264. The molecule has 0 unspecified atom stereocenters. The largest absolute Gasteiger partial charge is 0.337 e. The van der Waals surface area contributed by atoms with Crippen molar-refractivity contribution in [2.24, 2.45) is 0 Å². The standard InChI is InChI=1S/C13H10BrN3O2S/c1-20(18,19)8-4-5-10-11(7-8)17-13(16-10)12-9(14)3-2-6-15-12/h2-7H,1H3,(H,16,17). The fourth-order valence-corrected chi connectivity index (χ4v) is 2.98. The van der Waals surface area contributed by atoms with E-state index in [9.17, 15) is 8.42 Å². The molecular formula is C13H10BrN3O2S. The van der Waals surface area contributed by atoms with Gasteiger partial charge in [-0.1, -0.05) is 0 Å². The molecule has 0 fully saturated rings. The summed E-state index contributed by atoms with van der Waals surface area (Å²) in [5.41, 5.74) is 2.05. The molecule has 1 N–H and O–H groups in total. The molecule has 0 spiro atoms. The zero-order valence-corrected chi connectivity index (χ0v) is 12.9. The minimum atomic E-state index is -3.23. The molecule has 7 heteroatoms. The van der Waals surface area contributed by atoms with E-state index in [1.807, 2.05) is 12.1 Å². The van der Waals surface area contributed by atoms with Gasteiger partial charge in [0, 0.05) is 16.9 Å². The van der Waals surface area contributed by atoms with Gasteiger partial charge in [-0.3, -0.25) is 4.98 Å². The van der Waals surface area contributed by atoms with Gasteiger partial charge < -0.3 is 4.98 Å². The highest BCUT2D eigenvalue weighted by molar-refractivity contribution is 9.10. The van der Waals surface area contributed by atoms with Crippen LogP contribution >= 0.6 is 15.9 Å². The number of rotatable bonds is 2. The van der Waals surface area contributed by atoms with Gasteiger partial charge in [0.15, 0.2) is 15.7 Å². The third kappa shape index (κ3) is 2.34. The summed E-state index contributed by atoms with van der Waals surface area (Å²) >= 11 is 3.42. The summed E-state index contributed by atoms with van der Waals surface area (Å²) in [7, 11) is -3.23. The van der Waals surface area contributed by atoms with Crippen LogP contribution in [0.3, 0.4) is 0 Å². The highest BCUT2D eigenvalue weighted by atomic mass is 79.9. The van der Waals surface area contributed by atoms with Crippen molar-refractivity contribution in [3.8, 4) is 11.5 Å². The number of hydrogen-bond donors (Lipinski definition) is 1. The Bertz CT molecular complexity index is 903. The molecular weight excluding hydrogens is 342 g/mol. The molecule has 3 rings (SSSR count). The van der Waals surface area contributed by atoms with Crippen molar-refractivity contribution in [2.75, 3.05) is 6.26 Å². The Balaban J connectivity index is 2.19. The molecule has 3 aromatic rings. The van der Waals surface area contributed by atoms with Crippen molar-refractivity contribution in [1.29, 1.82) is 0 Å². The van der Waals surface area contributed by atoms with Crippen LogP contribution in [-0.4, -0.2) is 29.6 Å². The van der Waals surface area contributed by atoms with Crippen LogP contribution in [0.5, 0.6) is 0 Å². The second-order valence-electron chi connectivity index (χ2n) is 4.37. The van der Waals surface area contributed by atoms with Gasteiger partial charge in [-0.25, -0.2) is 13.4 Å². The topological polar surface area (TPSA) is 75.7 Å². The molecule has 0 atom stereocenters. The van der Waals surface area contributed by atoms with Crippen LogP contribution in [0.25, 0.3) is 22.6 Å². The predicted octanol–water partition coefficient (Wildman–Crippen LogP) is 2.79. The average molecular weight is 352 g/mol.